The van der Waals surface area contributed by atoms with Gasteiger partial charge in [0, 0.05) is 6.54 Å². The van der Waals surface area contributed by atoms with E-state index in [1.807, 2.05) is 26.0 Å². The number of carbonyl (C=O) groups is 1. The molecule has 0 bridgehead atoms. The molecule has 7 nitrogen and oxygen atoms in total. The maximum absolute atomic E-state index is 13.0. The highest BCUT2D eigenvalue weighted by Gasteiger charge is 2.26. The minimum atomic E-state index is -3.85. The number of carbonyl (C=O) groups excluding carboxylic acids is 1. The second-order valence-electron chi connectivity index (χ2n) is 7.34. The molecule has 0 aliphatic carbocycles. The smallest absolute Gasteiger partial charge is 0.241 e. The maximum atomic E-state index is 13.0. The molecule has 3 rings (SSSR count). The van der Waals surface area contributed by atoms with Gasteiger partial charge in [0.05, 0.1) is 10.9 Å². The lowest BCUT2D eigenvalue weighted by atomic mass is 10.0. The van der Waals surface area contributed by atoms with Crippen molar-refractivity contribution in [3.8, 4) is 11.5 Å². The Labute approximate surface area is 171 Å². The number of rotatable bonds is 6. The number of sulfonamides is 1. The van der Waals surface area contributed by atoms with Gasteiger partial charge < -0.3 is 14.8 Å². The van der Waals surface area contributed by atoms with Crippen LogP contribution in [-0.2, 0) is 21.4 Å². The third-order valence-corrected chi connectivity index (χ3v) is 7.01. The maximum Gasteiger partial charge on any atom is 0.241 e. The van der Waals surface area contributed by atoms with Crippen LogP contribution in [0.3, 0.4) is 0 Å². The van der Waals surface area contributed by atoms with Crippen LogP contribution in [-0.4, -0.2) is 27.2 Å². The normalized spacial score (nSPS) is 14.0. The monoisotopic (exact) mass is 418 g/mol. The summed E-state index contributed by atoms with van der Waals surface area (Å²) in [7, 11) is -3.85. The third-order valence-electron chi connectivity index (χ3n) is 5.19. The van der Waals surface area contributed by atoms with Crippen molar-refractivity contribution in [2.45, 2.75) is 52.1 Å². The topological polar surface area (TPSA) is 93.7 Å². The van der Waals surface area contributed by atoms with E-state index in [0.717, 1.165) is 16.7 Å². The van der Waals surface area contributed by atoms with E-state index in [9.17, 15) is 13.2 Å². The highest BCUT2D eigenvalue weighted by atomic mass is 32.2. The third kappa shape index (κ3) is 4.38. The van der Waals surface area contributed by atoms with Crippen LogP contribution in [0.2, 0.25) is 0 Å². The fourth-order valence-electron chi connectivity index (χ4n) is 3.32. The van der Waals surface area contributed by atoms with Gasteiger partial charge in [-0.3, -0.25) is 4.79 Å². The van der Waals surface area contributed by atoms with Crippen molar-refractivity contribution in [3.63, 3.8) is 0 Å². The Morgan fingerprint density at radius 3 is 2.31 bits per heavy atom. The predicted octanol–water partition coefficient (Wildman–Crippen LogP) is 2.63. The molecule has 1 atom stereocenters. The average molecular weight is 419 g/mol. The van der Waals surface area contributed by atoms with Crippen LogP contribution in [0.15, 0.2) is 29.2 Å². The first kappa shape index (κ1) is 21.1. The standard InChI is InChI=1S/C21H26N2O5S/c1-12-8-13(2)15(4)20(14(12)3)29(25,26)23-16(5)21(24)22-10-17-6-7-18-19(9-17)28-11-27-18/h6-9,16,23H,10-11H2,1-5H3,(H,22,24)/t16-/m0/s1. The minimum absolute atomic E-state index is 0.182. The SMILES string of the molecule is Cc1cc(C)c(C)c(S(=O)(=O)N[C@@H](C)C(=O)NCc2ccc3c(c2)OCO3)c1C. The Morgan fingerprint density at radius 2 is 1.66 bits per heavy atom. The summed E-state index contributed by atoms with van der Waals surface area (Å²) in [6.45, 7) is 9.27. The quantitative estimate of drug-likeness (QED) is 0.752. The first-order valence-corrected chi connectivity index (χ1v) is 10.8. The van der Waals surface area contributed by atoms with E-state index in [-0.39, 0.29) is 18.2 Å². The molecular formula is C21H26N2O5S. The summed E-state index contributed by atoms with van der Waals surface area (Å²) >= 11 is 0. The van der Waals surface area contributed by atoms with E-state index in [1.165, 1.54) is 6.92 Å². The molecule has 0 saturated heterocycles. The van der Waals surface area contributed by atoms with E-state index in [2.05, 4.69) is 10.0 Å². The summed E-state index contributed by atoms with van der Waals surface area (Å²) in [4.78, 5) is 12.7. The van der Waals surface area contributed by atoms with Gasteiger partial charge in [-0.05, 0) is 74.6 Å². The Balaban J connectivity index is 1.69. The molecule has 0 aromatic heterocycles. The van der Waals surface area contributed by atoms with Crippen molar-refractivity contribution in [1.82, 2.24) is 10.0 Å². The number of hydrogen-bond donors (Lipinski definition) is 2. The van der Waals surface area contributed by atoms with Gasteiger partial charge in [0.15, 0.2) is 11.5 Å². The molecule has 2 aromatic carbocycles. The summed E-state index contributed by atoms with van der Waals surface area (Å²) in [5.74, 6) is 0.887. The van der Waals surface area contributed by atoms with Crippen LogP contribution in [0.5, 0.6) is 11.5 Å². The lowest BCUT2D eigenvalue weighted by molar-refractivity contribution is -0.122. The number of amides is 1. The molecule has 0 spiro atoms. The number of benzene rings is 2. The van der Waals surface area contributed by atoms with Crippen LogP contribution >= 0.6 is 0 Å². The van der Waals surface area contributed by atoms with E-state index in [1.54, 1.807) is 26.0 Å². The summed E-state index contributed by atoms with van der Waals surface area (Å²) in [6, 6.07) is 6.44. The van der Waals surface area contributed by atoms with Crippen molar-refractivity contribution >= 4 is 15.9 Å². The van der Waals surface area contributed by atoms with Gasteiger partial charge in [-0.15, -0.1) is 0 Å². The first-order valence-electron chi connectivity index (χ1n) is 9.36. The fraction of sp³-hybridized carbons (Fsp3) is 0.381. The van der Waals surface area contributed by atoms with Gasteiger partial charge in [0.1, 0.15) is 0 Å². The lowest BCUT2D eigenvalue weighted by Crippen LogP contribution is -2.44. The number of nitrogens with one attached hydrogen (secondary N) is 2. The zero-order valence-corrected chi connectivity index (χ0v) is 18.1. The predicted molar refractivity (Wildman–Crippen MR) is 110 cm³/mol. The largest absolute Gasteiger partial charge is 0.454 e. The van der Waals surface area contributed by atoms with Crippen molar-refractivity contribution in [2.24, 2.45) is 0 Å². The summed E-state index contributed by atoms with van der Waals surface area (Å²) in [5.41, 5.74) is 4.00. The van der Waals surface area contributed by atoms with Crippen LogP contribution in [0.1, 0.15) is 34.7 Å². The van der Waals surface area contributed by atoms with E-state index < -0.39 is 22.0 Å². The molecule has 0 radical (unpaired) electrons. The zero-order chi connectivity index (χ0) is 21.3. The summed E-state index contributed by atoms with van der Waals surface area (Å²) in [6.07, 6.45) is 0. The molecular weight excluding hydrogens is 392 g/mol. The highest BCUT2D eigenvalue weighted by molar-refractivity contribution is 7.89. The molecule has 0 fully saturated rings. The highest BCUT2D eigenvalue weighted by Crippen LogP contribution is 2.32. The van der Waals surface area contributed by atoms with Gasteiger partial charge in [-0.1, -0.05) is 12.1 Å². The van der Waals surface area contributed by atoms with Crippen molar-refractivity contribution in [3.05, 3.63) is 52.1 Å². The van der Waals surface area contributed by atoms with Gasteiger partial charge in [0.25, 0.3) is 0 Å². The molecule has 0 saturated carbocycles. The number of aryl methyl sites for hydroxylation is 2. The van der Waals surface area contributed by atoms with Crippen LogP contribution < -0.4 is 19.5 Å². The molecule has 1 amide bonds. The van der Waals surface area contributed by atoms with Gasteiger partial charge in [-0.2, -0.15) is 4.72 Å². The van der Waals surface area contributed by atoms with Gasteiger partial charge >= 0.3 is 0 Å². The number of ether oxygens (including phenoxy) is 2. The van der Waals surface area contributed by atoms with Crippen LogP contribution in [0.25, 0.3) is 0 Å². The van der Waals surface area contributed by atoms with Gasteiger partial charge in [-0.25, -0.2) is 8.42 Å². The Morgan fingerprint density at radius 1 is 1.03 bits per heavy atom. The number of hydrogen-bond acceptors (Lipinski definition) is 5. The lowest BCUT2D eigenvalue weighted by Gasteiger charge is -2.19. The molecule has 2 N–H and O–H groups in total. The first-order chi connectivity index (χ1) is 13.6. The summed E-state index contributed by atoms with van der Waals surface area (Å²) < 4.78 is 39.0. The van der Waals surface area contributed by atoms with E-state index in [0.29, 0.717) is 22.6 Å². The molecule has 156 valence electrons. The molecule has 1 aliphatic rings. The zero-order valence-electron chi connectivity index (χ0n) is 17.3. The second kappa shape index (κ2) is 8.04. The molecule has 0 unspecified atom stereocenters. The molecule has 2 aromatic rings. The van der Waals surface area contributed by atoms with Crippen molar-refractivity contribution in [2.75, 3.05) is 6.79 Å². The van der Waals surface area contributed by atoms with E-state index >= 15 is 0 Å². The molecule has 29 heavy (non-hydrogen) atoms. The van der Waals surface area contributed by atoms with Crippen molar-refractivity contribution in [1.29, 1.82) is 0 Å². The van der Waals surface area contributed by atoms with E-state index in [4.69, 9.17) is 9.47 Å². The average Bonchev–Trinajstić information content (AvgIpc) is 3.11. The molecule has 1 aliphatic heterocycles. The summed E-state index contributed by atoms with van der Waals surface area (Å²) in [5, 5.41) is 2.75. The van der Waals surface area contributed by atoms with Crippen LogP contribution in [0.4, 0.5) is 0 Å². The minimum Gasteiger partial charge on any atom is -0.454 e. The Bertz CT molecular complexity index is 1040. The Kier molecular flexibility index (Phi) is 5.86. The molecule has 1 heterocycles. The fourth-order valence-corrected chi connectivity index (χ4v) is 5.14. The number of fused-ring (bicyclic) bond motifs is 1. The van der Waals surface area contributed by atoms with Crippen molar-refractivity contribution < 1.29 is 22.7 Å². The second-order valence-corrected chi connectivity index (χ2v) is 8.99. The van der Waals surface area contributed by atoms with Gasteiger partial charge in [0.2, 0.25) is 22.7 Å². The van der Waals surface area contributed by atoms with Crippen LogP contribution in [0, 0.1) is 27.7 Å². The molecule has 8 heteroatoms. The Hall–Kier alpha value is -2.58.